The minimum Gasteiger partial charge on any atom is -0.452 e. The molecule has 0 aliphatic rings. The van der Waals surface area contributed by atoms with Crippen molar-refractivity contribution in [1.82, 2.24) is 9.97 Å². The number of halogens is 1. The van der Waals surface area contributed by atoms with Gasteiger partial charge in [0.05, 0.1) is 18.3 Å². The largest absolute Gasteiger partial charge is 0.452 e. The van der Waals surface area contributed by atoms with Crippen LogP contribution in [0.3, 0.4) is 0 Å². The number of nitrogens with zero attached hydrogens (tertiary/aromatic N) is 2. The number of rotatable bonds is 5. The van der Waals surface area contributed by atoms with Gasteiger partial charge < -0.3 is 20.9 Å². The number of anilines is 2. The van der Waals surface area contributed by atoms with Gasteiger partial charge in [0.1, 0.15) is 5.75 Å². The molecule has 0 saturated heterocycles. The Morgan fingerprint density at radius 1 is 1.33 bits per heavy atom. The fraction of sp³-hybridized carbons (Fsp3) is 0.286. The molecule has 4 N–H and O–H groups in total. The molecule has 1 aromatic carbocycles. The van der Waals surface area contributed by atoms with E-state index in [2.05, 4.69) is 15.3 Å². The van der Waals surface area contributed by atoms with Gasteiger partial charge in [-0.2, -0.15) is 4.98 Å². The summed E-state index contributed by atoms with van der Waals surface area (Å²) < 4.78 is 5.73. The Morgan fingerprint density at radius 2 is 2.00 bits per heavy atom. The molecule has 0 aliphatic carbocycles. The maximum Gasteiger partial charge on any atom is 0.222 e. The number of ether oxygens (including phenoxy) is 1. The van der Waals surface area contributed by atoms with Gasteiger partial charge in [-0.25, -0.2) is 4.98 Å². The average Bonchev–Trinajstić information content (AvgIpc) is 2.44. The number of aliphatic hydroxyl groups is 1. The zero-order valence-corrected chi connectivity index (χ0v) is 12.6. The average molecular weight is 309 g/mol. The van der Waals surface area contributed by atoms with Gasteiger partial charge in [-0.05, 0) is 38.1 Å². The molecule has 2 aromatic rings. The van der Waals surface area contributed by atoms with Crippen LogP contribution in [0.15, 0.2) is 30.5 Å². The van der Waals surface area contributed by atoms with Gasteiger partial charge >= 0.3 is 0 Å². The van der Waals surface area contributed by atoms with Gasteiger partial charge in [0.25, 0.3) is 0 Å². The summed E-state index contributed by atoms with van der Waals surface area (Å²) in [6.07, 6.45) is 1.48. The SMILES string of the molecule is CC(C)(CO)Nc1nc(N)ncc1Oc1ccc(Cl)cc1. The van der Waals surface area contributed by atoms with Crippen molar-refractivity contribution in [2.75, 3.05) is 17.7 Å². The maximum atomic E-state index is 9.34. The number of hydrogen-bond acceptors (Lipinski definition) is 6. The van der Waals surface area contributed by atoms with Crippen LogP contribution >= 0.6 is 11.6 Å². The molecule has 0 unspecified atom stereocenters. The third-order valence-corrected chi connectivity index (χ3v) is 2.92. The first kappa shape index (κ1) is 15.3. The molecule has 0 radical (unpaired) electrons. The summed E-state index contributed by atoms with van der Waals surface area (Å²) in [4.78, 5) is 8.04. The first-order valence-electron chi connectivity index (χ1n) is 6.34. The highest BCUT2D eigenvalue weighted by atomic mass is 35.5. The lowest BCUT2D eigenvalue weighted by Crippen LogP contribution is -2.35. The van der Waals surface area contributed by atoms with E-state index in [0.29, 0.717) is 22.3 Å². The molecule has 0 fully saturated rings. The van der Waals surface area contributed by atoms with Crippen LogP contribution in [0.1, 0.15) is 13.8 Å². The number of nitrogens with one attached hydrogen (secondary N) is 1. The molecular weight excluding hydrogens is 292 g/mol. The van der Waals surface area contributed by atoms with Crippen molar-refractivity contribution in [2.45, 2.75) is 19.4 Å². The summed E-state index contributed by atoms with van der Waals surface area (Å²) in [5, 5.41) is 13.0. The number of nitrogen functional groups attached to an aromatic ring is 1. The first-order valence-corrected chi connectivity index (χ1v) is 6.72. The van der Waals surface area contributed by atoms with E-state index < -0.39 is 5.54 Å². The Bertz CT molecular complexity index is 617. The second-order valence-corrected chi connectivity index (χ2v) is 5.60. The highest BCUT2D eigenvalue weighted by Gasteiger charge is 2.20. The molecule has 0 atom stereocenters. The zero-order valence-electron chi connectivity index (χ0n) is 11.8. The molecule has 1 heterocycles. The normalized spacial score (nSPS) is 11.2. The molecule has 0 aliphatic heterocycles. The lowest BCUT2D eigenvalue weighted by molar-refractivity contribution is 0.233. The summed E-state index contributed by atoms with van der Waals surface area (Å²) in [5.41, 5.74) is 5.03. The van der Waals surface area contributed by atoms with Crippen molar-refractivity contribution in [3.05, 3.63) is 35.5 Å². The number of nitrogens with two attached hydrogens (primary N) is 1. The standard InChI is InChI=1S/C14H17ClN4O2/c1-14(2,8-20)19-12-11(7-17-13(16)18-12)21-10-5-3-9(15)4-6-10/h3-7,20H,8H2,1-2H3,(H3,16,17,18,19). The molecule has 6 nitrogen and oxygen atoms in total. The second kappa shape index (κ2) is 6.15. The van der Waals surface area contributed by atoms with Crippen LogP contribution in [-0.4, -0.2) is 27.2 Å². The summed E-state index contributed by atoms with van der Waals surface area (Å²) >= 11 is 5.84. The van der Waals surface area contributed by atoms with Crippen LogP contribution in [0.25, 0.3) is 0 Å². The summed E-state index contributed by atoms with van der Waals surface area (Å²) in [5.74, 6) is 1.54. The molecular formula is C14H17ClN4O2. The van der Waals surface area contributed by atoms with Gasteiger partial charge in [-0.1, -0.05) is 11.6 Å². The Hall–Kier alpha value is -2.05. The smallest absolute Gasteiger partial charge is 0.222 e. The molecule has 0 bridgehead atoms. The van der Waals surface area contributed by atoms with Crippen LogP contribution < -0.4 is 15.8 Å². The number of aromatic nitrogens is 2. The van der Waals surface area contributed by atoms with E-state index in [1.54, 1.807) is 24.3 Å². The molecule has 0 spiro atoms. The maximum absolute atomic E-state index is 9.34. The van der Waals surface area contributed by atoms with E-state index >= 15 is 0 Å². The summed E-state index contributed by atoms with van der Waals surface area (Å²) in [6.45, 7) is 3.59. The number of aliphatic hydroxyl groups excluding tert-OH is 1. The third-order valence-electron chi connectivity index (χ3n) is 2.67. The molecule has 1 aromatic heterocycles. The Balaban J connectivity index is 2.28. The van der Waals surface area contributed by atoms with E-state index in [4.69, 9.17) is 22.1 Å². The van der Waals surface area contributed by atoms with Crippen LogP contribution in [0.5, 0.6) is 11.5 Å². The first-order chi connectivity index (χ1) is 9.89. The third kappa shape index (κ3) is 4.21. The van der Waals surface area contributed by atoms with Crippen molar-refractivity contribution in [3.8, 4) is 11.5 Å². The lowest BCUT2D eigenvalue weighted by atomic mass is 10.1. The molecule has 2 rings (SSSR count). The van der Waals surface area contributed by atoms with Crippen molar-refractivity contribution >= 4 is 23.4 Å². The monoisotopic (exact) mass is 308 g/mol. The predicted octanol–water partition coefficient (Wildman–Crippen LogP) is 2.69. The van der Waals surface area contributed by atoms with Crippen LogP contribution in [0.2, 0.25) is 5.02 Å². The predicted molar refractivity (Wildman–Crippen MR) is 82.8 cm³/mol. The lowest BCUT2D eigenvalue weighted by Gasteiger charge is -2.25. The van der Waals surface area contributed by atoms with Gasteiger partial charge in [0, 0.05) is 5.02 Å². The van der Waals surface area contributed by atoms with Crippen LogP contribution in [0.4, 0.5) is 11.8 Å². The Labute approximate surface area is 127 Å². The van der Waals surface area contributed by atoms with Crippen molar-refractivity contribution < 1.29 is 9.84 Å². The van der Waals surface area contributed by atoms with E-state index in [-0.39, 0.29) is 12.6 Å². The molecule has 7 heteroatoms. The molecule has 0 amide bonds. The molecule has 112 valence electrons. The Morgan fingerprint density at radius 3 is 2.62 bits per heavy atom. The minimum absolute atomic E-state index is 0.0721. The fourth-order valence-electron chi connectivity index (χ4n) is 1.54. The van der Waals surface area contributed by atoms with Gasteiger partial charge in [0.2, 0.25) is 5.95 Å². The summed E-state index contributed by atoms with van der Waals surface area (Å²) in [6, 6.07) is 6.92. The number of hydrogen-bond donors (Lipinski definition) is 3. The summed E-state index contributed by atoms with van der Waals surface area (Å²) in [7, 11) is 0. The Kier molecular flexibility index (Phi) is 4.50. The van der Waals surface area contributed by atoms with Crippen LogP contribution in [0, 0.1) is 0 Å². The fourth-order valence-corrected chi connectivity index (χ4v) is 1.66. The van der Waals surface area contributed by atoms with Crippen LogP contribution in [-0.2, 0) is 0 Å². The van der Waals surface area contributed by atoms with Gasteiger partial charge in [0.15, 0.2) is 11.6 Å². The van der Waals surface area contributed by atoms with Crippen molar-refractivity contribution in [1.29, 1.82) is 0 Å². The molecule has 21 heavy (non-hydrogen) atoms. The molecule has 0 saturated carbocycles. The minimum atomic E-state index is -0.571. The van der Waals surface area contributed by atoms with E-state index in [1.807, 2.05) is 13.8 Å². The zero-order chi connectivity index (χ0) is 15.5. The van der Waals surface area contributed by atoms with Crippen molar-refractivity contribution in [2.24, 2.45) is 0 Å². The highest BCUT2D eigenvalue weighted by molar-refractivity contribution is 6.30. The quantitative estimate of drug-likeness (QED) is 0.786. The van der Waals surface area contributed by atoms with Gasteiger partial charge in [-0.15, -0.1) is 0 Å². The van der Waals surface area contributed by atoms with E-state index in [0.717, 1.165) is 0 Å². The van der Waals surface area contributed by atoms with Crippen molar-refractivity contribution in [3.63, 3.8) is 0 Å². The van der Waals surface area contributed by atoms with E-state index in [9.17, 15) is 5.11 Å². The highest BCUT2D eigenvalue weighted by Crippen LogP contribution is 2.30. The number of benzene rings is 1. The van der Waals surface area contributed by atoms with E-state index in [1.165, 1.54) is 6.20 Å². The van der Waals surface area contributed by atoms with Gasteiger partial charge in [-0.3, -0.25) is 0 Å². The topological polar surface area (TPSA) is 93.3 Å². The second-order valence-electron chi connectivity index (χ2n) is 5.16.